The molecule has 2 unspecified atom stereocenters. The maximum absolute atomic E-state index is 5.82. The van der Waals surface area contributed by atoms with Crippen LogP contribution < -0.4 is 10.5 Å². The summed E-state index contributed by atoms with van der Waals surface area (Å²) < 4.78 is 5.82. The first-order chi connectivity index (χ1) is 7.25. The Morgan fingerprint density at radius 1 is 1.33 bits per heavy atom. The second-order valence-corrected chi connectivity index (χ2v) is 4.20. The molecule has 0 aliphatic heterocycles. The fourth-order valence-corrected chi connectivity index (χ4v) is 2.03. The molecule has 2 N–H and O–H groups in total. The molecule has 0 spiro atoms. The Bertz CT molecular complexity index is 329. The van der Waals surface area contributed by atoms with Crippen molar-refractivity contribution >= 4 is 5.82 Å². The molecule has 1 aliphatic rings. The lowest BCUT2D eigenvalue weighted by Gasteiger charge is -2.28. The monoisotopic (exact) mass is 207 g/mol. The molecule has 1 aromatic rings. The maximum Gasteiger partial charge on any atom is 0.218 e. The van der Waals surface area contributed by atoms with E-state index >= 15 is 0 Å². The van der Waals surface area contributed by atoms with Gasteiger partial charge in [-0.15, -0.1) is 0 Å². The van der Waals surface area contributed by atoms with Crippen LogP contribution in [0.3, 0.4) is 0 Å². The van der Waals surface area contributed by atoms with Crippen LogP contribution in [0.4, 0.5) is 5.82 Å². The van der Waals surface area contributed by atoms with Crippen molar-refractivity contribution in [2.45, 2.75) is 38.7 Å². The van der Waals surface area contributed by atoms with Crippen molar-refractivity contribution in [3.8, 4) is 5.88 Å². The predicted octanol–water partition coefficient (Wildman–Crippen LogP) is 2.02. The minimum atomic E-state index is 0.285. The van der Waals surface area contributed by atoms with Gasteiger partial charge in [0.25, 0.3) is 0 Å². The van der Waals surface area contributed by atoms with Gasteiger partial charge in [-0.05, 0) is 25.2 Å². The van der Waals surface area contributed by atoms with E-state index in [1.807, 2.05) is 0 Å². The van der Waals surface area contributed by atoms with Crippen LogP contribution in [-0.4, -0.2) is 16.1 Å². The Morgan fingerprint density at radius 3 is 2.87 bits per heavy atom. The molecule has 4 heteroatoms. The summed E-state index contributed by atoms with van der Waals surface area (Å²) in [6.45, 7) is 2.23. The van der Waals surface area contributed by atoms with E-state index in [2.05, 4.69) is 16.9 Å². The number of anilines is 1. The van der Waals surface area contributed by atoms with Gasteiger partial charge in [0.05, 0.1) is 0 Å². The molecule has 1 aromatic heterocycles. The first-order valence-electron chi connectivity index (χ1n) is 5.50. The second kappa shape index (κ2) is 4.47. The molecule has 0 amide bonds. The van der Waals surface area contributed by atoms with E-state index in [9.17, 15) is 0 Å². The zero-order chi connectivity index (χ0) is 10.7. The third-order valence-electron chi connectivity index (χ3n) is 2.97. The fraction of sp³-hybridized carbons (Fsp3) is 0.636. The van der Waals surface area contributed by atoms with Gasteiger partial charge >= 0.3 is 0 Å². The molecule has 0 saturated heterocycles. The highest BCUT2D eigenvalue weighted by molar-refractivity contribution is 5.30. The molecule has 4 nitrogen and oxygen atoms in total. The molecule has 0 bridgehead atoms. The number of nitrogens with zero attached hydrogens (tertiary/aromatic N) is 2. The average Bonchev–Trinajstić information content (AvgIpc) is 2.22. The summed E-state index contributed by atoms with van der Waals surface area (Å²) in [5, 5.41) is 0. The van der Waals surface area contributed by atoms with E-state index in [1.165, 1.54) is 25.6 Å². The van der Waals surface area contributed by atoms with E-state index in [0.29, 0.717) is 17.6 Å². The Kier molecular flexibility index (Phi) is 3.04. The van der Waals surface area contributed by atoms with Crippen LogP contribution >= 0.6 is 0 Å². The Labute approximate surface area is 89.9 Å². The largest absolute Gasteiger partial charge is 0.474 e. The summed E-state index contributed by atoms with van der Waals surface area (Å²) in [5.41, 5.74) is 5.57. The zero-order valence-corrected chi connectivity index (χ0v) is 9.02. The third-order valence-corrected chi connectivity index (χ3v) is 2.97. The molecule has 1 heterocycles. The lowest BCUT2D eigenvalue weighted by Crippen LogP contribution is -2.28. The summed E-state index contributed by atoms with van der Waals surface area (Å²) in [5.74, 6) is 1.67. The fourth-order valence-electron chi connectivity index (χ4n) is 2.03. The second-order valence-electron chi connectivity index (χ2n) is 4.20. The van der Waals surface area contributed by atoms with Crippen LogP contribution in [0.2, 0.25) is 0 Å². The molecule has 1 fully saturated rings. The van der Waals surface area contributed by atoms with Crippen LogP contribution in [0.5, 0.6) is 5.88 Å². The third kappa shape index (κ3) is 2.58. The average molecular weight is 207 g/mol. The van der Waals surface area contributed by atoms with Gasteiger partial charge in [0.15, 0.2) is 0 Å². The van der Waals surface area contributed by atoms with Crippen LogP contribution in [0.1, 0.15) is 32.6 Å². The first kappa shape index (κ1) is 10.2. The van der Waals surface area contributed by atoms with Crippen LogP contribution in [0, 0.1) is 5.92 Å². The maximum atomic E-state index is 5.82. The van der Waals surface area contributed by atoms with Crippen molar-refractivity contribution in [1.29, 1.82) is 0 Å². The topological polar surface area (TPSA) is 61.0 Å². The summed E-state index contributed by atoms with van der Waals surface area (Å²) in [6.07, 6.45) is 6.64. The molecule has 0 radical (unpaired) electrons. The van der Waals surface area contributed by atoms with E-state index in [4.69, 9.17) is 10.5 Å². The van der Waals surface area contributed by atoms with Gasteiger partial charge in [0, 0.05) is 6.07 Å². The number of aromatic nitrogens is 2. The van der Waals surface area contributed by atoms with Crippen molar-refractivity contribution in [3.05, 3.63) is 12.4 Å². The summed E-state index contributed by atoms with van der Waals surface area (Å²) in [6, 6.07) is 1.68. The van der Waals surface area contributed by atoms with Gasteiger partial charge < -0.3 is 10.5 Å². The quantitative estimate of drug-likeness (QED) is 0.805. The molecule has 0 aromatic carbocycles. The van der Waals surface area contributed by atoms with Gasteiger partial charge in [-0.25, -0.2) is 9.97 Å². The zero-order valence-electron chi connectivity index (χ0n) is 9.02. The summed E-state index contributed by atoms with van der Waals surface area (Å²) in [4.78, 5) is 7.89. The smallest absolute Gasteiger partial charge is 0.218 e. The Morgan fingerprint density at radius 2 is 2.13 bits per heavy atom. The van der Waals surface area contributed by atoms with Crippen molar-refractivity contribution in [3.63, 3.8) is 0 Å². The number of hydrogen-bond donors (Lipinski definition) is 1. The summed E-state index contributed by atoms with van der Waals surface area (Å²) in [7, 11) is 0. The number of rotatable bonds is 2. The highest BCUT2D eigenvalue weighted by Crippen LogP contribution is 2.27. The molecule has 1 aliphatic carbocycles. The van der Waals surface area contributed by atoms with Gasteiger partial charge in [-0.3, -0.25) is 0 Å². The number of nitrogens with two attached hydrogens (primary N) is 1. The Hall–Kier alpha value is -1.32. The Balaban J connectivity index is 2.01. The van der Waals surface area contributed by atoms with E-state index < -0.39 is 0 Å². The first-order valence-corrected chi connectivity index (χ1v) is 5.50. The highest BCUT2D eigenvalue weighted by Gasteiger charge is 2.23. The van der Waals surface area contributed by atoms with E-state index in [0.717, 1.165) is 6.42 Å². The lowest BCUT2D eigenvalue weighted by atomic mass is 9.88. The van der Waals surface area contributed by atoms with Gasteiger partial charge in [0.1, 0.15) is 18.2 Å². The standard InChI is InChI=1S/C11H17N3O/c1-8-4-2-3-5-9(8)15-11-6-10(12)13-7-14-11/h6-9H,2-5H2,1H3,(H2,12,13,14). The van der Waals surface area contributed by atoms with Crippen molar-refractivity contribution in [2.24, 2.45) is 5.92 Å². The molecule has 2 atom stereocenters. The van der Waals surface area contributed by atoms with Gasteiger partial charge in [-0.2, -0.15) is 0 Å². The van der Waals surface area contributed by atoms with Crippen LogP contribution in [0.25, 0.3) is 0 Å². The summed E-state index contributed by atoms with van der Waals surface area (Å²) >= 11 is 0. The molecule has 15 heavy (non-hydrogen) atoms. The van der Waals surface area contributed by atoms with Gasteiger partial charge in [-0.1, -0.05) is 13.3 Å². The minimum Gasteiger partial charge on any atom is -0.474 e. The number of nitrogen functional groups attached to an aromatic ring is 1. The number of hydrogen-bond acceptors (Lipinski definition) is 4. The molecular weight excluding hydrogens is 190 g/mol. The normalized spacial score (nSPS) is 26.2. The molecule has 82 valence electrons. The van der Waals surface area contributed by atoms with E-state index in [1.54, 1.807) is 6.07 Å². The lowest BCUT2D eigenvalue weighted by molar-refractivity contribution is 0.0975. The van der Waals surface area contributed by atoms with Crippen molar-refractivity contribution in [2.75, 3.05) is 5.73 Å². The van der Waals surface area contributed by atoms with E-state index in [-0.39, 0.29) is 6.10 Å². The predicted molar refractivity (Wildman–Crippen MR) is 58.5 cm³/mol. The van der Waals surface area contributed by atoms with Crippen molar-refractivity contribution < 1.29 is 4.74 Å². The number of ether oxygens (including phenoxy) is 1. The molecular formula is C11H17N3O. The van der Waals surface area contributed by atoms with Crippen LogP contribution in [0.15, 0.2) is 12.4 Å². The molecule has 2 rings (SSSR count). The van der Waals surface area contributed by atoms with Crippen molar-refractivity contribution in [1.82, 2.24) is 9.97 Å². The van der Waals surface area contributed by atoms with Gasteiger partial charge in [0.2, 0.25) is 5.88 Å². The highest BCUT2D eigenvalue weighted by atomic mass is 16.5. The minimum absolute atomic E-state index is 0.285. The molecule has 1 saturated carbocycles. The van der Waals surface area contributed by atoms with Crippen LogP contribution in [-0.2, 0) is 0 Å². The SMILES string of the molecule is CC1CCCCC1Oc1cc(N)ncn1.